The second-order valence-corrected chi connectivity index (χ2v) is 8.61. The third-order valence-corrected chi connectivity index (χ3v) is 6.68. The third kappa shape index (κ3) is 4.53. The van der Waals surface area contributed by atoms with Crippen molar-refractivity contribution < 1.29 is 13.2 Å². The van der Waals surface area contributed by atoms with Crippen LogP contribution in [0.15, 0.2) is 42.5 Å². The van der Waals surface area contributed by atoms with Crippen LogP contribution in [0.3, 0.4) is 0 Å². The summed E-state index contributed by atoms with van der Waals surface area (Å²) in [6, 6.07) is 11.6. The Labute approximate surface area is 171 Å². The average molecular weight is 396 g/mol. The van der Waals surface area contributed by atoms with E-state index in [-0.39, 0.29) is 0 Å². The molecule has 0 aromatic heterocycles. The first-order valence-corrected chi connectivity index (χ1v) is 10.8. The van der Waals surface area contributed by atoms with Crippen LogP contribution in [0.4, 0.5) is 13.2 Å². The van der Waals surface area contributed by atoms with Gasteiger partial charge in [-0.1, -0.05) is 37.7 Å². The standard InChI is InChI=1S/C26H27F3/c1-2-3-19-8-14-24-21(16-19)10-11-22-17-20(9-15-25(22)24)5-4-18-6-12-23(13-7-18)26(27,28)29/h6-7,9,12-13,15,17,19,21,24H,2-3,8,10-11,14,16H2,1H3. The molecule has 29 heavy (non-hydrogen) atoms. The molecule has 0 nitrogen and oxygen atoms in total. The highest BCUT2D eigenvalue weighted by Gasteiger charge is 2.34. The molecule has 3 unspecified atom stereocenters. The molecule has 2 aromatic rings. The van der Waals surface area contributed by atoms with Crippen molar-refractivity contribution in [1.82, 2.24) is 0 Å². The van der Waals surface area contributed by atoms with Gasteiger partial charge >= 0.3 is 6.18 Å². The van der Waals surface area contributed by atoms with Gasteiger partial charge in [-0.3, -0.25) is 0 Å². The zero-order valence-corrected chi connectivity index (χ0v) is 16.9. The third-order valence-electron chi connectivity index (χ3n) is 6.68. The summed E-state index contributed by atoms with van der Waals surface area (Å²) in [7, 11) is 0. The Bertz CT molecular complexity index is 912. The van der Waals surface area contributed by atoms with Crippen molar-refractivity contribution in [3.05, 3.63) is 70.3 Å². The minimum Gasteiger partial charge on any atom is -0.166 e. The molecule has 152 valence electrons. The second-order valence-electron chi connectivity index (χ2n) is 8.61. The summed E-state index contributed by atoms with van der Waals surface area (Å²) in [4.78, 5) is 0. The Morgan fingerprint density at radius 1 is 0.931 bits per heavy atom. The molecule has 0 bridgehead atoms. The van der Waals surface area contributed by atoms with E-state index < -0.39 is 11.7 Å². The molecule has 2 aromatic carbocycles. The van der Waals surface area contributed by atoms with E-state index in [2.05, 4.69) is 37.0 Å². The monoisotopic (exact) mass is 396 g/mol. The fourth-order valence-corrected chi connectivity index (χ4v) is 5.25. The quantitative estimate of drug-likeness (QED) is 0.466. The van der Waals surface area contributed by atoms with Gasteiger partial charge in [0.25, 0.3) is 0 Å². The first kappa shape index (κ1) is 20.1. The predicted molar refractivity (Wildman–Crippen MR) is 111 cm³/mol. The topological polar surface area (TPSA) is 0 Å². The summed E-state index contributed by atoms with van der Waals surface area (Å²) in [5.41, 5.74) is 3.84. The highest BCUT2D eigenvalue weighted by atomic mass is 19.4. The van der Waals surface area contributed by atoms with Gasteiger partial charge in [-0.05, 0) is 97.4 Å². The van der Waals surface area contributed by atoms with E-state index >= 15 is 0 Å². The van der Waals surface area contributed by atoms with Crippen LogP contribution in [0.5, 0.6) is 0 Å². The second kappa shape index (κ2) is 8.27. The van der Waals surface area contributed by atoms with Crippen molar-refractivity contribution in [2.75, 3.05) is 0 Å². The summed E-state index contributed by atoms with van der Waals surface area (Å²) >= 11 is 0. The summed E-state index contributed by atoms with van der Waals surface area (Å²) < 4.78 is 38.0. The molecule has 3 heteroatoms. The predicted octanol–water partition coefficient (Wildman–Crippen LogP) is 7.35. The summed E-state index contributed by atoms with van der Waals surface area (Å²) in [5.74, 6) is 8.58. The van der Waals surface area contributed by atoms with E-state index in [1.54, 1.807) is 0 Å². The first-order valence-electron chi connectivity index (χ1n) is 10.8. The first-order chi connectivity index (χ1) is 13.9. The van der Waals surface area contributed by atoms with Crippen molar-refractivity contribution in [2.45, 2.75) is 64.0 Å². The number of benzene rings is 2. The minimum absolute atomic E-state index is 0.602. The van der Waals surface area contributed by atoms with Gasteiger partial charge in [0, 0.05) is 11.1 Å². The van der Waals surface area contributed by atoms with E-state index in [1.165, 1.54) is 61.8 Å². The SMILES string of the molecule is CCCC1CCC2c3ccc(C#Cc4ccc(C(F)(F)F)cc4)cc3CCC2C1. The molecule has 2 aliphatic carbocycles. The van der Waals surface area contributed by atoms with E-state index in [9.17, 15) is 13.2 Å². The molecular weight excluding hydrogens is 369 g/mol. The number of halogens is 3. The van der Waals surface area contributed by atoms with Gasteiger partial charge in [-0.2, -0.15) is 13.2 Å². The number of hydrogen-bond acceptors (Lipinski definition) is 0. The fourth-order valence-electron chi connectivity index (χ4n) is 5.25. The molecule has 0 amide bonds. The Hall–Kier alpha value is -2.21. The normalized spacial score (nSPS) is 23.5. The van der Waals surface area contributed by atoms with Crippen LogP contribution in [0.2, 0.25) is 0 Å². The van der Waals surface area contributed by atoms with E-state index in [0.717, 1.165) is 36.0 Å². The molecule has 1 fully saturated rings. The lowest BCUT2D eigenvalue weighted by Crippen LogP contribution is -2.28. The number of alkyl halides is 3. The molecule has 0 N–H and O–H groups in total. The highest BCUT2D eigenvalue weighted by molar-refractivity contribution is 5.47. The highest BCUT2D eigenvalue weighted by Crippen LogP contribution is 2.47. The Morgan fingerprint density at radius 3 is 2.38 bits per heavy atom. The molecule has 1 saturated carbocycles. The lowest BCUT2D eigenvalue weighted by Gasteiger charge is -2.40. The van der Waals surface area contributed by atoms with Crippen molar-refractivity contribution in [2.24, 2.45) is 11.8 Å². The maximum atomic E-state index is 12.7. The number of hydrogen-bond donors (Lipinski definition) is 0. The zero-order chi connectivity index (χ0) is 20.4. The molecule has 3 atom stereocenters. The summed E-state index contributed by atoms with van der Waals surface area (Å²) in [5, 5.41) is 0. The summed E-state index contributed by atoms with van der Waals surface area (Å²) in [6.45, 7) is 2.29. The maximum absolute atomic E-state index is 12.7. The van der Waals surface area contributed by atoms with Gasteiger partial charge < -0.3 is 0 Å². The van der Waals surface area contributed by atoms with Crippen LogP contribution < -0.4 is 0 Å². The van der Waals surface area contributed by atoms with Crippen molar-refractivity contribution in [3.63, 3.8) is 0 Å². The van der Waals surface area contributed by atoms with Gasteiger partial charge in [0.15, 0.2) is 0 Å². The van der Waals surface area contributed by atoms with Crippen LogP contribution in [-0.4, -0.2) is 0 Å². The van der Waals surface area contributed by atoms with Crippen molar-refractivity contribution in [3.8, 4) is 11.8 Å². The van der Waals surface area contributed by atoms with Crippen LogP contribution in [0.25, 0.3) is 0 Å². The Kier molecular flexibility index (Phi) is 5.72. The average Bonchev–Trinajstić information content (AvgIpc) is 2.71. The van der Waals surface area contributed by atoms with Gasteiger partial charge in [0.05, 0.1) is 5.56 Å². The van der Waals surface area contributed by atoms with Gasteiger partial charge in [0.1, 0.15) is 0 Å². The van der Waals surface area contributed by atoms with E-state index in [4.69, 9.17) is 0 Å². The molecule has 0 saturated heterocycles. The number of aryl methyl sites for hydroxylation is 1. The molecule has 2 aliphatic rings. The Morgan fingerprint density at radius 2 is 1.66 bits per heavy atom. The van der Waals surface area contributed by atoms with Crippen LogP contribution in [0, 0.1) is 23.7 Å². The van der Waals surface area contributed by atoms with Crippen LogP contribution in [0.1, 0.15) is 79.2 Å². The van der Waals surface area contributed by atoms with Crippen molar-refractivity contribution >= 4 is 0 Å². The summed E-state index contributed by atoms with van der Waals surface area (Å²) in [6.07, 6.45) is 4.78. The minimum atomic E-state index is -4.31. The van der Waals surface area contributed by atoms with Crippen LogP contribution >= 0.6 is 0 Å². The maximum Gasteiger partial charge on any atom is 0.416 e. The lowest BCUT2D eigenvalue weighted by atomic mass is 9.64. The molecule has 0 aliphatic heterocycles. The smallest absolute Gasteiger partial charge is 0.166 e. The number of rotatable bonds is 2. The molecule has 0 heterocycles. The van der Waals surface area contributed by atoms with Gasteiger partial charge in [-0.15, -0.1) is 0 Å². The number of fused-ring (bicyclic) bond motifs is 3. The van der Waals surface area contributed by atoms with E-state index in [0.29, 0.717) is 11.5 Å². The molecule has 0 spiro atoms. The largest absolute Gasteiger partial charge is 0.416 e. The van der Waals surface area contributed by atoms with E-state index in [1.807, 2.05) is 0 Å². The zero-order valence-electron chi connectivity index (χ0n) is 16.9. The van der Waals surface area contributed by atoms with Crippen LogP contribution in [-0.2, 0) is 12.6 Å². The van der Waals surface area contributed by atoms with Gasteiger partial charge in [-0.25, -0.2) is 0 Å². The van der Waals surface area contributed by atoms with Gasteiger partial charge in [0.2, 0.25) is 0 Å². The fraction of sp³-hybridized carbons (Fsp3) is 0.462. The molecule has 4 rings (SSSR count). The van der Waals surface area contributed by atoms with Crippen molar-refractivity contribution in [1.29, 1.82) is 0 Å². The lowest BCUT2D eigenvalue weighted by molar-refractivity contribution is -0.137. The molecule has 0 radical (unpaired) electrons. The molecular formula is C26H27F3. The Balaban J connectivity index is 1.49.